The number of nitro groups is 1. The van der Waals surface area contributed by atoms with Crippen LogP contribution in [0.25, 0.3) is 0 Å². The molecule has 0 spiro atoms. The number of hydrogen-bond acceptors (Lipinski definition) is 7. The highest BCUT2D eigenvalue weighted by atomic mass is 32.2. The van der Waals surface area contributed by atoms with Crippen molar-refractivity contribution in [2.45, 2.75) is 17.9 Å². The van der Waals surface area contributed by atoms with Crippen molar-refractivity contribution in [3.05, 3.63) is 58.6 Å². The number of anilines is 1. The number of morpholine rings is 1. The first kappa shape index (κ1) is 21.7. The molecule has 30 heavy (non-hydrogen) atoms. The Kier molecular flexibility index (Phi) is 6.65. The predicted molar refractivity (Wildman–Crippen MR) is 108 cm³/mol. The van der Waals surface area contributed by atoms with E-state index in [2.05, 4.69) is 5.32 Å². The van der Waals surface area contributed by atoms with Gasteiger partial charge in [-0.3, -0.25) is 14.9 Å². The quantitative estimate of drug-likeness (QED) is 0.520. The maximum Gasteiger partial charge on any atom is 0.310 e. The van der Waals surface area contributed by atoms with Gasteiger partial charge in [0.25, 0.3) is 5.91 Å². The number of rotatable bonds is 7. The fraction of sp³-hybridized carbons (Fsp3) is 0.316. The van der Waals surface area contributed by atoms with E-state index in [1.807, 2.05) is 0 Å². The largest absolute Gasteiger partial charge is 0.474 e. The Balaban J connectivity index is 1.71. The molecule has 3 rings (SSSR count). The van der Waals surface area contributed by atoms with Gasteiger partial charge in [0.05, 0.1) is 23.0 Å². The van der Waals surface area contributed by atoms with Crippen molar-refractivity contribution in [3.8, 4) is 5.75 Å². The summed E-state index contributed by atoms with van der Waals surface area (Å²) in [6.45, 7) is 2.63. The average molecular weight is 435 g/mol. The SMILES string of the molecule is CC(Oc1ccccc1[N+](=O)[O-])C(=O)Nc1cccc(S(=O)(=O)N2CCOCC2)c1. The van der Waals surface area contributed by atoms with Gasteiger partial charge in [-0.2, -0.15) is 4.31 Å². The van der Waals surface area contributed by atoms with Gasteiger partial charge in [-0.05, 0) is 31.2 Å². The second-order valence-corrected chi connectivity index (χ2v) is 8.46. The highest BCUT2D eigenvalue weighted by Gasteiger charge is 2.27. The van der Waals surface area contributed by atoms with Gasteiger partial charge >= 0.3 is 5.69 Å². The number of para-hydroxylation sites is 2. The van der Waals surface area contributed by atoms with Gasteiger partial charge in [0.2, 0.25) is 10.0 Å². The van der Waals surface area contributed by atoms with E-state index < -0.39 is 27.0 Å². The standard InChI is InChI=1S/C19H21N3O7S/c1-14(29-18-8-3-2-7-17(18)22(24)25)19(23)20-15-5-4-6-16(13-15)30(26,27)21-9-11-28-12-10-21/h2-8,13-14H,9-12H2,1H3,(H,20,23). The topological polar surface area (TPSA) is 128 Å². The monoisotopic (exact) mass is 435 g/mol. The van der Waals surface area contributed by atoms with Crippen LogP contribution in [0.5, 0.6) is 5.75 Å². The van der Waals surface area contributed by atoms with Gasteiger partial charge in [-0.25, -0.2) is 8.42 Å². The lowest BCUT2D eigenvalue weighted by Gasteiger charge is -2.26. The van der Waals surface area contributed by atoms with Crippen LogP contribution in [-0.4, -0.2) is 56.0 Å². The van der Waals surface area contributed by atoms with Crippen LogP contribution in [0.2, 0.25) is 0 Å². The Morgan fingerprint density at radius 1 is 1.20 bits per heavy atom. The van der Waals surface area contributed by atoms with Crippen LogP contribution in [0.4, 0.5) is 11.4 Å². The summed E-state index contributed by atoms with van der Waals surface area (Å²) in [5, 5.41) is 13.7. The minimum Gasteiger partial charge on any atom is -0.474 e. The molecule has 1 heterocycles. The lowest BCUT2D eigenvalue weighted by Crippen LogP contribution is -2.40. The van der Waals surface area contributed by atoms with Gasteiger partial charge in [0, 0.05) is 24.8 Å². The molecule has 1 N–H and O–H groups in total. The third kappa shape index (κ3) is 4.93. The molecule has 0 aliphatic carbocycles. The van der Waals surface area contributed by atoms with Crippen LogP contribution >= 0.6 is 0 Å². The maximum absolute atomic E-state index is 12.8. The number of carbonyl (C=O) groups is 1. The van der Waals surface area contributed by atoms with Gasteiger partial charge in [0.15, 0.2) is 11.9 Å². The fourth-order valence-electron chi connectivity index (χ4n) is 2.87. The second-order valence-electron chi connectivity index (χ2n) is 6.52. The summed E-state index contributed by atoms with van der Waals surface area (Å²) >= 11 is 0. The zero-order valence-corrected chi connectivity index (χ0v) is 17.0. The van der Waals surface area contributed by atoms with Crippen molar-refractivity contribution >= 4 is 27.3 Å². The van der Waals surface area contributed by atoms with Gasteiger partial charge in [-0.15, -0.1) is 0 Å². The molecule has 10 nitrogen and oxygen atoms in total. The Morgan fingerprint density at radius 2 is 1.90 bits per heavy atom. The maximum atomic E-state index is 12.8. The number of nitrogens with one attached hydrogen (secondary N) is 1. The predicted octanol–water partition coefficient (Wildman–Crippen LogP) is 2.02. The van der Waals surface area contributed by atoms with E-state index in [0.29, 0.717) is 13.2 Å². The molecule has 1 unspecified atom stereocenters. The van der Waals surface area contributed by atoms with Crippen molar-refractivity contribution in [2.24, 2.45) is 0 Å². The molecule has 0 radical (unpaired) electrons. The number of nitrogens with zero attached hydrogens (tertiary/aromatic N) is 2. The number of benzene rings is 2. The molecule has 1 amide bonds. The van der Waals surface area contributed by atoms with Gasteiger partial charge < -0.3 is 14.8 Å². The Morgan fingerprint density at radius 3 is 2.60 bits per heavy atom. The zero-order valence-electron chi connectivity index (χ0n) is 16.2. The normalized spacial score (nSPS) is 15.9. The van der Waals surface area contributed by atoms with E-state index in [1.54, 1.807) is 12.1 Å². The molecule has 0 aromatic heterocycles. The van der Waals surface area contributed by atoms with E-state index >= 15 is 0 Å². The Hall–Kier alpha value is -3.02. The molecule has 0 saturated carbocycles. The lowest BCUT2D eigenvalue weighted by molar-refractivity contribution is -0.386. The Bertz CT molecular complexity index is 1040. The third-order valence-corrected chi connectivity index (χ3v) is 6.34. The second kappa shape index (κ2) is 9.20. The number of sulfonamides is 1. The van der Waals surface area contributed by atoms with Crippen LogP contribution in [-0.2, 0) is 19.6 Å². The summed E-state index contributed by atoms with van der Waals surface area (Å²) in [6, 6.07) is 11.6. The van der Waals surface area contributed by atoms with E-state index in [0.717, 1.165) is 0 Å². The number of nitro benzene ring substituents is 1. The average Bonchev–Trinajstić information content (AvgIpc) is 2.74. The number of ether oxygens (including phenoxy) is 2. The first-order valence-corrected chi connectivity index (χ1v) is 10.6. The van der Waals surface area contributed by atoms with E-state index in [1.165, 1.54) is 47.6 Å². The van der Waals surface area contributed by atoms with Gasteiger partial charge in [-0.1, -0.05) is 18.2 Å². The van der Waals surface area contributed by atoms with E-state index in [4.69, 9.17) is 9.47 Å². The summed E-state index contributed by atoms with van der Waals surface area (Å²) in [5.41, 5.74) is 0.0168. The highest BCUT2D eigenvalue weighted by molar-refractivity contribution is 7.89. The smallest absolute Gasteiger partial charge is 0.310 e. The van der Waals surface area contributed by atoms with Crippen molar-refractivity contribution < 1.29 is 27.6 Å². The van der Waals surface area contributed by atoms with Crippen molar-refractivity contribution in [1.29, 1.82) is 0 Å². The molecule has 11 heteroatoms. The molecule has 1 atom stereocenters. The van der Waals surface area contributed by atoms with Crippen LogP contribution in [0.1, 0.15) is 6.92 Å². The number of hydrogen-bond donors (Lipinski definition) is 1. The van der Waals surface area contributed by atoms with Crippen LogP contribution in [0.3, 0.4) is 0 Å². The molecule has 1 saturated heterocycles. The van der Waals surface area contributed by atoms with Crippen molar-refractivity contribution in [1.82, 2.24) is 4.31 Å². The number of amides is 1. The summed E-state index contributed by atoms with van der Waals surface area (Å²) < 4.78 is 37.5. The molecule has 1 fully saturated rings. The lowest BCUT2D eigenvalue weighted by atomic mass is 10.2. The molecular formula is C19H21N3O7S. The molecule has 0 bridgehead atoms. The zero-order chi connectivity index (χ0) is 21.7. The molecule has 1 aliphatic rings. The number of carbonyl (C=O) groups excluding carboxylic acids is 1. The van der Waals surface area contributed by atoms with E-state index in [-0.39, 0.29) is 35.1 Å². The van der Waals surface area contributed by atoms with Crippen molar-refractivity contribution in [3.63, 3.8) is 0 Å². The van der Waals surface area contributed by atoms with Crippen LogP contribution < -0.4 is 10.1 Å². The summed E-state index contributed by atoms with van der Waals surface area (Å²) in [6.07, 6.45) is -1.05. The fourth-order valence-corrected chi connectivity index (χ4v) is 4.32. The van der Waals surface area contributed by atoms with Gasteiger partial charge in [0.1, 0.15) is 0 Å². The molecule has 1 aliphatic heterocycles. The minimum absolute atomic E-state index is 0.0335. The van der Waals surface area contributed by atoms with E-state index in [9.17, 15) is 23.3 Å². The third-order valence-electron chi connectivity index (χ3n) is 4.44. The first-order chi connectivity index (χ1) is 14.3. The van der Waals surface area contributed by atoms with Crippen molar-refractivity contribution in [2.75, 3.05) is 31.6 Å². The Labute approximate surface area is 173 Å². The summed E-state index contributed by atoms with van der Waals surface area (Å²) in [5.74, 6) is -0.608. The first-order valence-electron chi connectivity index (χ1n) is 9.18. The highest BCUT2D eigenvalue weighted by Crippen LogP contribution is 2.27. The molecule has 2 aromatic rings. The molecule has 160 valence electrons. The summed E-state index contributed by atoms with van der Waals surface area (Å²) in [4.78, 5) is 23.0. The molecule has 2 aromatic carbocycles. The van der Waals surface area contributed by atoms with Crippen LogP contribution in [0.15, 0.2) is 53.4 Å². The summed E-state index contributed by atoms with van der Waals surface area (Å²) in [7, 11) is -3.71. The minimum atomic E-state index is -3.71. The molecular weight excluding hydrogens is 414 g/mol. The van der Waals surface area contributed by atoms with Crippen LogP contribution in [0, 0.1) is 10.1 Å².